The molecule has 1 aromatic heterocycles. The molecule has 7 nitrogen and oxygen atoms in total. The van der Waals surface area contributed by atoms with Crippen molar-refractivity contribution in [1.82, 2.24) is 10.0 Å². The lowest BCUT2D eigenvalue weighted by molar-refractivity contribution is -0.168. The highest BCUT2D eigenvalue weighted by Crippen LogP contribution is 2.23. The number of hydrogen-bond donors (Lipinski definition) is 0. The van der Waals surface area contributed by atoms with E-state index in [9.17, 15) is 14.4 Å². The van der Waals surface area contributed by atoms with Gasteiger partial charge in [0.2, 0.25) is 0 Å². The number of oxazole rings is 1. The number of imide groups is 1. The normalized spacial score (nSPS) is 13.4. The van der Waals surface area contributed by atoms with Gasteiger partial charge in [-0.1, -0.05) is 17.2 Å². The van der Waals surface area contributed by atoms with Gasteiger partial charge in [-0.05, 0) is 26.0 Å². The van der Waals surface area contributed by atoms with E-state index in [0.29, 0.717) is 16.7 Å². The van der Waals surface area contributed by atoms with E-state index in [1.165, 1.54) is 12.1 Å². The number of benzene rings is 1. The van der Waals surface area contributed by atoms with Crippen molar-refractivity contribution in [3.05, 3.63) is 52.7 Å². The summed E-state index contributed by atoms with van der Waals surface area (Å²) in [5.41, 5.74) is 1.21. The molecule has 0 unspecified atom stereocenters. The van der Waals surface area contributed by atoms with Crippen LogP contribution in [0.2, 0.25) is 0 Å². The molecule has 0 N–H and O–H groups in total. The largest absolute Gasteiger partial charge is 0.446 e. The SMILES string of the molecule is Cc1nc(CCC(=O)ON2C(=O)c3ccccc3C2=O)oc1C. The maximum absolute atomic E-state index is 12.1. The van der Waals surface area contributed by atoms with Crippen LogP contribution in [0.3, 0.4) is 0 Å². The van der Waals surface area contributed by atoms with Crippen LogP contribution in [-0.4, -0.2) is 27.8 Å². The molecule has 1 aliphatic rings. The van der Waals surface area contributed by atoms with Crippen LogP contribution < -0.4 is 0 Å². The smallest absolute Gasteiger partial charge is 0.333 e. The Bertz CT molecular complexity index is 754. The quantitative estimate of drug-likeness (QED) is 0.802. The zero-order valence-electron chi connectivity index (χ0n) is 12.7. The highest BCUT2D eigenvalue weighted by atomic mass is 16.7. The highest BCUT2D eigenvalue weighted by Gasteiger charge is 2.38. The molecule has 2 aromatic rings. The number of rotatable bonds is 4. The second kappa shape index (κ2) is 5.68. The fourth-order valence-corrected chi connectivity index (χ4v) is 2.25. The van der Waals surface area contributed by atoms with E-state index in [2.05, 4.69) is 4.98 Å². The molecule has 0 saturated carbocycles. The van der Waals surface area contributed by atoms with Crippen LogP contribution >= 0.6 is 0 Å². The molecule has 2 heterocycles. The average molecular weight is 314 g/mol. The summed E-state index contributed by atoms with van der Waals surface area (Å²) in [6.07, 6.45) is 0.184. The summed E-state index contributed by atoms with van der Waals surface area (Å²) >= 11 is 0. The second-order valence-electron chi connectivity index (χ2n) is 5.16. The number of hydroxylamine groups is 2. The molecular weight excluding hydrogens is 300 g/mol. The minimum absolute atomic E-state index is 0.0488. The van der Waals surface area contributed by atoms with Gasteiger partial charge in [0.15, 0.2) is 5.89 Å². The standard InChI is InChI=1S/C16H14N2O5/c1-9-10(2)22-13(17-9)7-8-14(19)23-18-15(20)11-5-3-4-6-12(11)16(18)21/h3-6H,7-8H2,1-2H3. The van der Waals surface area contributed by atoms with E-state index in [1.54, 1.807) is 26.0 Å². The fraction of sp³-hybridized carbons (Fsp3) is 0.250. The summed E-state index contributed by atoms with van der Waals surface area (Å²) in [5.74, 6) is -0.871. The van der Waals surface area contributed by atoms with Crippen molar-refractivity contribution in [2.24, 2.45) is 0 Å². The maximum atomic E-state index is 12.1. The molecule has 1 aliphatic heterocycles. The van der Waals surface area contributed by atoms with Crippen molar-refractivity contribution in [3.63, 3.8) is 0 Å². The first-order valence-electron chi connectivity index (χ1n) is 7.09. The molecule has 0 aliphatic carbocycles. The van der Waals surface area contributed by atoms with Gasteiger partial charge in [0.05, 0.1) is 23.2 Å². The molecule has 23 heavy (non-hydrogen) atoms. The van der Waals surface area contributed by atoms with Gasteiger partial charge in [-0.25, -0.2) is 9.78 Å². The lowest BCUT2D eigenvalue weighted by atomic mass is 10.1. The monoisotopic (exact) mass is 314 g/mol. The molecule has 3 rings (SSSR count). The summed E-state index contributed by atoms with van der Waals surface area (Å²) in [7, 11) is 0. The van der Waals surface area contributed by atoms with Crippen LogP contribution in [0, 0.1) is 13.8 Å². The van der Waals surface area contributed by atoms with E-state index in [4.69, 9.17) is 9.25 Å². The van der Waals surface area contributed by atoms with Crippen LogP contribution in [0.1, 0.15) is 44.5 Å². The van der Waals surface area contributed by atoms with Crippen molar-refractivity contribution < 1.29 is 23.6 Å². The third-order valence-electron chi connectivity index (χ3n) is 3.57. The van der Waals surface area contributed by atoms with Gasteiger partial charge < -0.3 is 9.25 Å². The number of aryl methyl sites for hydroxylation is 3. The summed E-state index contributed by atoms with van der Waals surface area (Å²) in [6, 6.07) is 6.31. The summed E-state index contributed by atoms with van der Waals surface area (Å²) in [5, 5.41) is 0.499. The van der Waals surface area contributed by atoms with Gasteiger partial charge >= 0.3 is 5.97 Å². The Morgan fingerprint density at radius 2 is 1.78 bits per heavy atom. The molecular formula is C16H14N2O5. The molecule has 0 atom stereocenters. The second-order valence-corrected chi connectivity index (χ2v) is 5.16. The van der Waals surface area contributed by atoms with Crippen LogP contribution in [0.4, 0.5) is 0 Å². The number of fused-ring (bicyclic) bond motifs is 1. The van der Waals surface area contributed by atoms with Gasteiger partial charge in [-0.2, -0.15) is 0 Å². The Balaban J connectivity index is 1.63. The lowest BCUT2D eigenvalue weighted by Crippen LogP contribution is -2.32. The first kappa shape index (κ1) is 15.0. The minimum Gasteiger partial charge on any atom is -0.446 e. The van der Waals surface area contributed by atoms with Gasteiger partial charge in [0.25, 0.3) is 11.8 Å². The van der Waals surface area contributed by atoms with Crippen molar-refractivity contribution in [3.8, 4) is 0 Å². The zero-order valence-corrected chi connectivity index (χ0v) is 12.7. The predicted molar refractivity (Wildman–Crippen MR) is 77.3 cm³/mol. The average Bonchev–Trinajstić information content (AvgIpc) is 2.98. The number of amides is 2. The van der Waals surface area contributed by atoms with E-state index in [0.717, 1.165) is 5.69 Å². The molecule has 0 bridgehead atoms. The molecule has 1 aromatic carbocycles. The minimum atomic E-state index is -0.701. The molecule has 2 amide bonds. The van der Waals surface area contributed by atoms with Crippen molar-refractivity contribution >= 4 is 17.8 Å². The topological polar surface area (TPSA) is 89.7 Å². The van der Waals surface area contributed by atoms with Crippen molar-refractivity contribution in [2.75, 3.05) is 0 Å². The first-order chi connectivity index (χ1) is 11.0. The lowest BCUT2D eigenvalue weighted by Gasteiger charge is -2.12. The van der Waals surface area contributed by atoms with E-state index in [-0.39, 0.29) is 24.0 Å². The van der Waals surface area contributed by atoms with Gasteiger partial charge in [0, 0.05) is 6.42 Å². The molecule has 0 radical (unpaired) electrons. The zero-order chi connectivity index (χ0) is 16.6. The van der Waals surface area contributed by atoms with Crippen LogP contribution in [-0.2, 0) is 16.1 Å². The summed E-state index contributed by atoms with van der Waals surface area (Å²) in [4.78, 5) is 45.0. The van der Waals surface area contributed by atoms with Crippen molar-refractivity contribution in [1.29, 1.82) is 0 Å². The Hall–Kier alpha value is -2.96. The molecule has 0 fully saturated rings. The number of hydrogen-bond acceptors (Lipinski definition) is 6. The molecule has 7 heteroatoms. The van der Waals surface area contributed by atoms with E-state index in [1.807, 2.05) is 0 Å². The summed E-state index contributed by atoms with van der Waals surface area (Å²) in [6.45, 7) is 3.59. The van der Waals surface area contributed by atoms with E-state index < -0.39 is 17.8 Å². The number of carbonyl (C=O) groups is 3. The maximum Gasteiger partial charge on any atom is 0.333 e. The summed E-state index contributed by atoms with van der Waals surface area (Å²) < 4.78 is 5.36. The van der Waals surface area contributed by atoms with Crippen molar-refractivity contribution in [2.45, 2.75) is 26.7 Å². The van der Waals surface area contributed by atoms with E-state index >= 15 is 0 Å². The third-order valence-corrected chi connectivity index (χ3v) is 3.57. The Morgan fingerprint density at radius 1 is 1.17 bits per heavy atom. The van der Waals surface area contributed by atoms with Crippen LogP contribution in [0.15, 0.2) is 28.7 Å². The van der Waals surface area contributed by atoms with Crippen LogP contribution in [0.5, 0.6) is 0 Å². The van der Waals surface area contributed by atoms with Gasteiger partial charge in [-0.15, -0.1) is 0 Å². The Kier molecular flexibility index (Phi) is 3.69. The number of aromatic nitrogens is 1. The van der Waals surface area contributed by atoms with Gasteiger partial charge in [0.1, 0.15) is 5.76 Å². The molecule has 0 spiro atoms. The molecule has 118 valence electrons. The Morgan fingerprint density at radius 3 is 2.30 bits per heavy atom. The fourth-order valence-electron chi connectivity index (χ4n) is 2.25. The highest BCUT2D eigenvalue weighted by molar-refractivity contribution is 6.20. The number of carbonyl (C=O) groups excluding carboxylic acids is 3. The Labute approximate surface area is 131 Å². The number of nitrogens with zero attached hydrogens (tertiary/aromatic N) is 2. The van der Waals surface area contributed by atoms with Gasteiger partial charge in [-0.3, -0.25) is 9.59 Å². The third kappa shape index (κ3) is 2.73. The first-order valence-corrected chi connectivity index (χ1v) is 7.09. The molecule has 0 saturated heterocycles. The predicted octanol–water partition coefficient (Wildman–Crippen LogP) is 1.98. The van der Waals surface area contributed by atoms with Crippen LogP contribution in [0.25, 0.3) is 0 Å².